The van der Waals surface area contributed by atoms with Crippen LogP contribution in [-0.4, -0.2) is 17.5 Å². The normalized spacial score (nSPS) is 22.6. The van der Waals surface area contributed by atoms with Gasteiger partial charge in [0.1, 0.15) is 0 Å². The molecule has 104 valence electrons. The minimum absolute atomic E-state index is 0.145. The van der Waals surface area contributed by atoms with Gasteiger partial charge in [-0.3, -0.25) is 4.79 Å². The van der Waals surface area contributed by atoms with Crippen LogP contribution in [0.25, 0.3) is 0 Å². The number of hydrogen-bond acceptors (Lipinski definition) is 2. The zero-order valence-electron chi connectivity index (χ0n) is 10.4. The van der Waals surface area contributed by atoms with Gasteiger partial charge in [-0.2, -0.15) is 0 Å². The van der Waals surface area contributed by atoms with Crippen molar-refractivity contribution < 1.29 is 4.79 Å². The van der Waals surface area contributed by atoms with E-state index in [0.717, 1.165) is 16.6 Å². The summed E-state index contributed by atoms with van der Waals surface area (Å²) in [5, 5.41) is 4.02. The Hall–Kier alpha value is -0.970. The van der Waals surface area contributed by atoms with Gasteiger partial charge in [0.25, 0.3) is 5.91 Å². The van der Waals surface area contributed by atoms with Crippen molar-refractivity contribution in [2.45, 2.75) is 12.8 Å². The van der Waals surface area contributed by atoms with Crippen LogP contribution in [0.1, 0.15) is 12.8 Å². The van der Waals surface area contributed by atoms with Gasteiger partial charge in [0.05, 0.1) is 17.9 Å². The number of fused-ring (bicyclic) bond motifs is 1. The number of amides is 1. The summed E-state index contributed by atoms with van der Waals surface area (Å²) >= 11 is 16.0. The molecule has 0 spiro atoms. The molecule has 3 rings (SSSR count). The van der Waals surface area contributed by atoms with Crippen LogP contribution in [0.4, 0.5) is 0 Å². The summed E-state index contributed by atoms with van der Waals surface area (Å²) in [5.74, 6) is -0.145. The van der Waals surface area contributed by atoms with E-state index in [1.54, 1.807) is 0 Å². The first-order valence-corrected chi connectivity index (χ1v) is 7.72. The first-order valence-electron chi connectivity index (χ1n) is 6.17. The molecule has 0 atom stereocenters. The molecule has 1 amide bonds. The average Bonchev–Trinajstić information content (AvgIpc) is 2.41. The van der Waals surface area contributed by atoms with Crippen molar-refractivity contribution in [2.75, 3.05) is 6.67 Å². The van der Waals surface area contributed by atoms with Crippen LogP contribution in [-0.2, 0) is 4.79 Å². The van der Waals surface area contributed by atoms with E-state index < -0.39 is 0 Å². The molecule has 0 aromatic rings. The number of carbonyl (C=O) groups is 1. The summed E-state index contributed by atoms with van der Waals surface area (Å²) in [6, 6.07) is 0. The van der Waals surface area contributed by atoms with Gasteiger partial charge in [-0.25, -0.2) is 0 Å². The zero-order chi connectivity index (χ0) is 14.3. The van der Waals surface area contributed by atoms with Crippen LogP contribution < -0.4 is 5.32 Å². The van der Waals surface area contributed by atoms with E-state index in [-0.39, 0.29) is 5.91 Å². The number of allylic oxidation sites excluding steroid dienone is 6. The molecule has 0 saturated carbocycles. The Morgan fingerprint density at radius 2 is 2.05 bits per heavy atom. The second kappa shape index (κ2) is 5.43. The highest BCUT2D eigenvalue weighted by atomic mass is 79.9. The van der Waals surface area contributed by atoms with Crippen LogP contribution in [0.2, 0.25) is 0 Å². The first kappa shape index (κ1) is 14.0. The number of halogens is 3. The summed E-state index contributed by atoms with van der Waals surface area (Å²) in [5.41, 5.74) is 2.00. The molecule has 0 unspecified atom stereocenters. The van der Waals surface area contributed by atoms with E-state index in [4.69, 9.17) is 23.2 Å². The smallest absolute Gasteiger partial charge is 0.255 e. The molecule has 0 aromatic heterocycles. The van der Waals surface area contributed by atoms with Crippen LogP contribution in [0, 0.1) is 0 Å². The molecule has 20 heavy (non-hydrogen) atoms. The number of carbonyl (C=O) groups excluding carboxylic acids is 1. The fourth-order valence-corrected chi connectivity index (χ4v) is 3.46. The molecule has 3 aliphatic rings. The van der Waals surface area contributed by atoms with Crippen molar-refractivity contribution in [3.63, 3.8) is 0 Å². The molecule has 0 radical (unpaired) electrons. The first-order chi connectivity index (χ1) is 9.58. The predicted octanol–water partition coefficient (Wildman–Crippen LogP) is 3.85. The number of hydrogen-bond donors (Lipinski definition) is 1. The summed E-state index contributed by atoms with van der Waals surface area (Å²) < 4.78 is 0.946. The lowest BCUT2D eigenvalue weighted by Gasteiger charge is -2.33. The molecule has 1 aliphatic carbocycles. The number of nitrogens with one attached hydrogen (secondary N) is 1. The quantitative estimate of drug-likeness (QED) is 0.757. The molecule has 6 heteroatoms. The van der Waals surface area contributed by atoms with Crippen LogP contribution in [0.5, 0.6) is 0 Å². The maximum Gasteiger partial charge on any atom is 0.255 e. The topological polar surface area (TPSA) is 32.3 Å². The Labute approximate surface area is 135 Å². The van der Waals surface area contributed by atoms with Gasteiger partial charge in [0, 0.05) is 26.3 Å². The van der Waals surface area contributed by atoms with Gasteiger partial charge in [-0.1, -0.05) is 29.3 Å². The molecular formula is C14H11BrCl2N2O. The number of nitrogens with zero attached hydrogens (tertiary/aromatic N) is 1. The van der Waals surface area contributed by atoms with Crippen molar-refractivity contribution in [2.24, 2.45) is 0 Å². The molecule has 2 heterocycles. The minimum Gasteiger partial charge on any atom is -0.334 e. The van der Waals surface area contributed by atoms with Crippen molar-refractivity contribution in [3.05, 3.63) is 55.8 Å². The Morgan fingerprint density at radius 1 is 1.25 bits per heavy atom. The van der Waals surface area contributed by atoms with E-state index in [0.29, 0.717) is 34.3 Å². The second-order valence-corrected chi connectivity index (χ2v) is 6.39. The lowest BCUT2D eigenvalue weighted by atomic mass is 9.94. The van der Waals surface area contributed by atoms with Gasteiger partial charge < -0.3 is 10.2 Å². The van der Waals surface area contributed by atoms with Gasteiger partial charge >= 0.3 is 0 Å². The molecule has 0 fully saturated rings. The largest absolute Gasteiger partial charge is 0.334 e. The molecular weight excluding hydrogens is 363 g/mol. The lowest BCUT2D eigenvalue weighted by Crippen LogP contribution is -2.42. The Balaban J connectivity index is 2.17. The van der Waals surface area contributed by atoms with Crippen LogP contribution >= 0.6 is 39.1 Å². The fourth-order valence-electron chi connectivity index (χ4n) is 2.41. The van der Waals surface area contributed by atoms with E-state index in [9.17, 15) is 4.79 Å². The third-order valence-corrected chi connectivity index (χ3v) is 4.52. The second-order valence-electron chi connectivity index (χ2n) is 4.61. The molecule has 0 bridgehead atoms. The molecule has 3 nitrogen and oxygen atoms in total. The van der Waals surface area contributed by atoms with E-state index >= 15 is 0 Å². The SMILES string of the molecule is O=C1NCN2C=C(Br)C=CC2=C1C1=C(Cl)CCC=C1Cl. The minimum atomic E-state index is -0.145. The van der Waals surface area contributed by atoms with Crippen LogP contribution in [0.15, 0.2) is 55.8 Å². The highest BCUT2D eigenvalue weighted by Gasteiger charge is 2.31. The molecule has 1 N–H and O–H groups in total. The van der Waals surface area contributed by atoms with Gasteiger partial charge in [0.15, 0.2) is 0 Å². The van der Waals surface area contributed by atoms with Crippen molar-refractivity contribution in [1.82, 2.24) is 10.2 Å². The van der Waals surface area contributed by atoms with E-state index in [2.05, 4.69) is 21.2 Å². The van der Waals surface area contributed by atoms with Crippen molar-refractivity contribution in [3.8, 4) is 0 Å². The highest BCUT2D eigenvalue weighted by Crippen LogP contribution is 2.39. The van der Waals surface area contributed by atoms with Crippen molar-refractivity contribution >= 4 is 45.0 Å². The molecule has 0 aromatic carbocycles. The summed E-state index contributed by atoms with van der Waals surface area (Å²) in [4.78, 5) is 14.2. The summed E-state index contributed by atoms with van der Waals surface area (Å²) in [6.07, 6.45) is 9.13. The van der Waals surface area contributed by atoms with E-state index in [1.165, 1.54) is 0 Å². The molecule has 2 aliphatic heterocycles. The number of rotatable bonds is 1. The highest BCUT2D eigenvalue weighted by molar-refractivity contribution is 9.11. The molecule has 0 saturated heterocycles. The van der Waals surface area contributed by atoms with E-state index in [1.807, 2.05) is 29.3 Å². The van der Waals surface area contributed by atoms with Gasteiger partial charge in [-0.05, 0) is 40.9 Å². The maximum atomic E-state index is 12.3. The predicted molar refractivity (Wildman–Crippen MR) is 84.1 cm³/mol. The Kier molecular flexibility index (Phi) is 3.80. The average molecular weight is 374 g/mol. The lowest BCUT2D eigenvalue weighted by molar-refractivity contribution is -0.118. The fraction of sp³-hybridized carbons (Fsp3) is 0.214. The van der Waals surface area contributed by atoms with Gasteiger partial charge in [-0.15, -0.1) is 0 Å². The van der Waals surface area contributed by atoms with Crippen LogP contribution in [0.3, 0.4) is 0 Å². The Morgan fingerprint density at radius 3 is 2.80 bits per heavy atom. The Bertz CT molecular complexity index is 644. The monoisotopic (exact) mass is 372 g/mol. The third-order valence-electron chi connectivity index (χ3n) is 3.33. The zero-order valence-corrected chi connectivity index (χ0v) is 13.5. The third kappa shape index (κ3) is 2.36. The standard InChI is InChI=1S/C14H11BrCl2N2O/c15-8-4-5-11-13(14(20)18-7-19(11)6-8)12-9(16)2-1-3-10(12)17/h2,4-6H,1,3,7H2,(H,18,20). The summed E-state index contributed by atoms with van der Waals surface area (Å²) in [6.45, 7) is 0.434. The van der Waals surface area contributed by atoms with Crippen molar-refractivity contribution in [1.29, 1.82) is 0 Å². The van der Waals surface area contributed by atoms with Gasteiger partial charge in [0.2, 0.25) is 0 Å². The summed E-state index contributed by atoms with van der Waals surface area (Å²) in [7, 11) is 0. The maximum absolute atomic E-state index is 12.3.